The number of benzene rings is 1. The van der Waals surface area contributed by atoms with Crippen LogP contribution in [0.1, 0.15) is 31.2 Å². The Morgan fingerprint density at radius 3 is 2.42 bits per heavy atom. The van der Waals surface area contributed by atoms with E-state index in [0.29, 0.717) is 15.6 Å². The molecule has 1 saturated carbocycles. The van der Waals surface area contributed by atoms with Gasteiger partial charge in [0.15, 0.2) is 0 Å². The number of halogens is 2. The fraction of sp³-hybridized carbons (Fsp3) is 0.538. The first kappa shape index (κ1) is 15.1. The van der Waals surface area contributed by atoms with Gasteiger partial charge in [-0.05, 0) is 30.5 Å². The molecule has 1 aliphatic rings. The number of hydrogen-bond acceptors (Lipinski definition) is 2. The molecule has 6 heteroatoms. The van der Waals surface area contributed by atoms with E-state index < -0.39 is 10.0 Å². The standard InChI is InChI=1S/C13H17Cl2NO2S/c1-16(11-4-2-3-5-11)19(17,18)9-10-6-7-12(14)13(15)8-10/h6-8,11H,2-5,9H2,1H3. The van der Waals surface area contributed by atoms with Crippen LogP contribution in [0.3, 0.4) is 0 Å². The van der Waals surface area contributed by atoms with E-state index in [9.17, 15) is 8.42 Å². The molecule has 3 nitrogen and oxygen atoms in total. The predicted molar refractivity (Wildman–Crippen MR) is 79.1 cm³/mol. The van der Waals surface area contributed by atoms with Gasteiger partial charge in [0.2, 0.25) is 10.0 Å². The second-order valence-corrected chi connectivity index (χ2v) is 7.80. The Kier molecular flexibility index (Phi) is 4.77. The van der Waals surface area contributed by atoms with Gasteiger partial charge in [0.1, 0.15) is 0 Å². The molecule has 0 radical (unpaired) electrons. The van der Waals surface area contributed by atoms with Crippen molar-refractivity contribution < 1.29 is 8.42 Å². The summed E-state index contributed by atoms with van der Waals surface area (Å²) in [6, 6.07) is 5.09. The van der Waals surface area contributed by atoms with Gasteiger partial charge in [-0.15, -0.1) is 0 Å². The first-order valence-corrected chi connectivity index (χ1v) is 8.66. The van der Waals surface area contributed by atoms with Gasteiger partial charge in [-0.2, -0.15) is 0 Å². The van der Waals surface area contributed by atoms with Crippen LogP contribution in [0.25, 0.3) is 0 Å². The van der Waals surface area contributed by atoms with Crippen LogP contribution in [0.5, 0.6) is 0 Å². The van der Waals surface area contributed by atoms with Crippen molar-refractivity contribution in [2.75, 3.05) is 7.05 Å². The van der Waals surface area contributed by atoms with Crippen LogP contribution in [-0.4, -0.2) is 25.8 Å². The maximum absolute atomic E-state index is 12.3. The van der Waals surface area contributed by atoms with Crippen molar-refractivity contribution in [3.05, 3.63) is 33.8 Å². The lowest BCUT2D eigenvalue weighted by atomic mass is 10.2. The molecule has 0 heterocycles. The van der Waals surface area contributed by atoms with E-state index in [1.54, 1.807) is 25.2 Å². The third kappa shape index (κ3) is 3.63. The van der Waals surface area contributed by atoms with E-state index in [-0.39, 0.29) is 11.8 Å². The largest absolute Gasteiger partial charge is 0.218 e. The van der Waals surface area contributed by atoms with Crippen LogP contribution >= 0.6 is 23.2 Å². The van der Waals surface area contributed by atoms with E-state index in [2.05, 4.69) is 0 Å². The SMILES string of the molecule is CN(C1CCCC1)S(=O)(=O)Cc1ccc(Cl)c(Cl)c1. The van der Waals surface area contributed by atoms with E-state index in [1.165, 1.54) is 4.31 Å². The Bertz CT molecular complexity index is 554. The summed E-state index contributed by atoms with van der Waals surface area (Å²) >= 11 is 11.7. The van der Waals surface area contributed by atoms with Crippen LogP contribution in [0.2, 0.25) is 10.0 Å². The first-order chi connectivity index (χ1) is 8.90. The molecule has 1 fully saturated rings. The van der Waals surface area contributed by atoms with E-state index in [1.807, 2.05) is 0 Å². The minimum absolute atomic E-state index is 0.0309. The lowest BCUT2D eigenvalue weighted by molar-refractivity contribution is 0.372. The van der Waals surface area contributed by atoms with Crippen LogP contribution in [0.15, 0.2) is 18.2 Å². The molecule has 0 saturated heterocycles. The molecule has 0 aliphatic heterocycles. The first-order valence-electron chi connectivity index (χ1n) is 6.30. The summed E-state index contributed by atoms with van der Waals surface area (Å²) in [5.74, 6) is -0.0309. The summed E-state index contributed by atoms with van der Waals surface area (Å²) in [6.07, 6.45) is 4.13. The molecule has 1 aromatic rings. The van der Waals surface area contributed by atoms with Gasteiger partial charge in [0.25, 0.3) is 0 Å². The van der Waals surface area contributed by atoms with Crippen molar-refractivity contribution in [1.82, 2.24) is 4.31 Å². The minimum Gasteiger partial charge on any atom is -0.212 e. The van der Waals surface area contributed by atoms with Crippen molar-refractivity contribution >= 4 is 33.2 Å². The maximum atomic E-state index is 12.3. The van der Waals surface area contributed by atoms with Crippen LogP contribution in [0.4, 0.5) is 0 Å². The smallest absolute Gasteiger partial charge is 0.212 e. The lowest BCUT2D eigenvalue weighted by Crippen LogP contribution is -2.36. The fourth-order valence-corrected chi connectivity index (χ4v) is 4.23. The molecule has 2 rings (SSSR count). The zero-order valence-corrected chi connectivity index (χ0v) is 13.1. The normalized spacial score (nSPS) is 17.3. The third-order valence-corrected chi connectivity index (χ3v) is 6.22. The van der Waals surface area contributed by atoms with Crippen LogP contribution in [-0.2, 0) is 15.8 Å². The molecule has 106 valence electrons. The van der Waals surface area contributed by atoms with Crippen molar-refractivity contribution in [1.29, 1.82) is 0 Å². The summed E-state index contributed by atoms with van der Waals surface area (Å²) in [5.41, 5.74) is 0.666. The molecule has 0 bridgehead atoms. The Morgan fingerprint density at radius 1 is 1.21 bits per heavy atom. The molecule has 0 unspecified atom stereocenters. The zero-order chi connectivity index (χ0) is 14.0. The molecule has 0 aromatic heterocycles. The predicted octanol–water partition coefficient (Wildman–Crippen LogP) is 3.70. The van der Waals surface area contributed by atoms with Crippen molar-refractivity contribution in [2.45, 2.75) is 37.5 Å². The van der Waals surface area contributed by atoms with Gasteiger partial charge in [-0.25, -0.2) is 12.7 Å². The Hall–Kier alpha value is -0.290. The van der Waals surface area contributed by atoms with Gasteiger partial charge >= 0.3 is 0 Å². The Morgan fingerprint density at radius 2 is 1.84 bits per heavy atom. The Labute approximate surface area is 124 Å². The fourth-order valence-electron chi connectivity index (χ4n) is 2.44. The number of hydrogen-bond donors (Lipinski definition) is 0. The van der Waals surface area contributed by atoms with Crippen molar-refractivity contribution in [3.8, 4) is 0 Å². The van der Waals surface area contributed by atoms with Gasteiger partial charge in [0.05, 0.1) is 15.8 Å². The molecule has 0 N–H and O–H groups in total. The molecule has 1 aliphatic carbocycles. The highest BCUT2D eigenvalue weighted by atomic mass is 35.5. The molecule has 19 heavy (non-hydrogen) atoms. The second-order valence-electron chi connectivity index (χ2n) is 4.96. The second kappa shape index (κ2) is 6.00. The summed E-state index contributed by atoms with van der Waals surface area (Å²) in [7, 11) is -1.63. The van der Waals surface area contributed by atoms with E-state index in [0.717, 1.165) is 25.7 Å². The van der Waals surface area contributed by atoms with Gasteiger partial charge in [-0.1, -0.05) is 42.1 Å². The monoisotopic (exact) mass is 321 g/mol. The van der Waals surface area contributed by atoms with Gasteiger partial charge < -0.3 is 0 Å². The Balaban J connectivity index is 2.13. The van der Waals surface area contributed by atoms with Crippen molar-refractivity contribution in [3.63, 3.8) is 0 Å². The molecule has 1 aromatic carbocycles. The highest BCUT2D eigenvalue weighted by molar-refractivity contribution is 7.88. The zero-order valence-electron chi connectivity index (χ0n) is 10.8. The molecular formula is C13H17Cl2NO2S. The summed E-state index contributed by atoms with van der Waals surface area (Å²) < 4.78 is 26.2. The number of rotatable bonds is 4. The minimum atomic E-state index is -3.29. The van der Waals surface area contributed by atoms with E-state index in [4.69, 9.17) is 23.2 Å². The highest BCUT2D eigenvalue weighted by Gasteiger charge is 2.28. The molecule has 0 atom stereocenters. The third-order valence-electron chi connectivity index (χ3n) is 3.61. The van der Waals surface area contributed by atoms with E-state index >= 15 is 0 Å². The average molecular weight is 322 g/mol. The quantitative estimate of drug-likeness (QED) is 0.848. The molecule has 0 amide bonds. The summed E-state index contributed by atoms with van der Waals surface area (Å²) in [6.45, 7) is 0. The average Bonchev–Trinajstić information content (AvgIpc) is 2.86. The molecule has 0 spiro atoms. The van der Waals surface area contributed by atoms with Crippen molar-refractivity contribution in [2.24, 2.45) is 0 Å². The summed E-state index contributed by atoms with van der Waals surface area (Å²) in [5, 5.41) is 0.824. The maximum Gasteiger partial charge on any atom is 0.218 e. The molecular weight excluding hydrogens is 305 g/mol. The van der Waals surface area contributed by atoms with Crippen LogP contribution < -0.4 is 0 Å². The van der Waals surface area contributed by atoms with Gasteiger partial charge in [0, 0.05) is 13.1 Å². The summed E-state index contributed by atoms with van der Waals surface area (Å²) in [4.78, 5) is 0. The topological polar surface area (TPSA) is 37.4 Å². The number of sulfonamides is 1. The number of nitrogens with zero attached hydrogens (tertiary/aromatic N) is 1. The highest BCUT2D eigenvalue weighted by Crippen LogP contribution is 2.27. The lowest BCUT2D eigenvalue weighted by Gasteiger charge is -2.23. The van der Waals surface area contributed by atoms with Crippen LogP contribution in [0, 0.1) is 0 Å². The van der Waals surface area contributed by atoms with Gasteiger partial charge in [-0.3, -0.25) is 0 Å².